The van der Waals surface area contributed by atoms with Crippen LogP contribution >= 0.6 is 21.6 Å². The molecule has 12 heteroatoms. The Balaban J connectivity index is 1.40. The van der Waals surface area contributed by atoms with E-state index in [9.17, 15) is 19.8 Å². The van der Waals surface area contributed by atoms with Crippen LogP contribution in [0, 0.1) is 5.41 Å². The van der Waals surface area contributed by atoms with E-state index in [2.05, 4.69) is 22.4 Å². The Morgan fingerprint density at radius 1 is 1.12 bits per heavy atom. The number of amides is 1. The summed E-state index contributed by atoms with van der Waals surface area (Å²) in [5, 5.41) is 25.6. The van der Waals surface area contributed by atoms with Crippen molar-refractivity contribution in [1.29, 1.82) is 0 Å². The number of benzene rings is 2. The van der Waals surface area contributed by atoms with Gasteiger partial charge in [0, 0.05) is 61.7 Å². The second kappa shape index (κ2) is 18.9. The number of nitrogens with one attached hydrogen (secondary N) is 1. The Morgan fingerprint density at radius 2 is 1.94 bits per heavy atom. The van der Waals surface area contributed by atoms with Crippen LogP contribution in [0.3, 0.4) is 0 Å². The number of ether oxygens (including phenoxy) is 2. The van der Waals surface area contributed by atoms with Gasteiger partial charge in [0.25, 0.3) is 0 Å². The second-order valence-electron chi connectivity index (χ2n) is 14.0. The van der Waals surface area contributed by atoms with Crippen LogP contribution in [0.2, 0.25) is 0 Å². The zero-order valence-corrected chi connectivity index (χ0v) is 31.0. The lowest BCUT2D eigenvalue weighted by molar-refractivity contribution is -0.148. The number of hydrogen-bond acceptors (Lipinski definition) is 11. The van der Waals surface area contributed by atoms with Gasteiger partial charge in [-0.2, -0.15) is 0 Å². The molecule has 5 rings (SSSR count). The summed E-state index contributed by atoms with van der Waals surface area (Å²) in [5.41, 5.74) is 9.75. The first-order chi connectivity index (χ1) is 24.2. The number of hydrogen-bond donors (Lipinski definition) is 4. The van der Waals surface area contributed by atoms with Crippen LogP contribution in [0.5, 0.6) is 11.5 Å². The number of aliphatic imine (C=N–C) groups is 1. The van der Waals surface area contributed by atoms with Crippen molar-refractivity contribution >= 4 is 39.4 Å². The quantitative estimate of drug-likeness (QED) is 0.223. The third kappa shape index (κ3) is 11.2. The normalized spacial score (nSPS) is 25.0. The van der Waals surface area contributed by atoms with E-state index in [-0.39, 0.29) is 29.6 Å². The standard InChI is InChI=1S/C38H54N4O6S2/c1-27(43)48-32-15-14-29-20-30(35(46)36-33(29)13-9-18-47-36)24-42-25-38(23-34(42)45,22-28-10-5-4-6-11-28)16-17-40-37(39)41-26-50-49-19-8-3-2-7-12-31(44)21-32/h4-6,10-11,20,31-32,44,46H,2-3,7-9,12-19,21-26H2,1H3,(H3,39,40,41)/t31-,32-,38-/m0/s1. The molecular formula is C38H54N4O6S2. The van der Waals surface area contributed by atoms with E-state index in [1.165, 1.54) is 12.5 Å². The van der Waals surface area contributed by atoms with E-state index in [0.717, 1.165) is 68.2 Å². The monoisotopic (exact) mass is 726 g/mol. The molecule has 3 aliphatic heterocycles. The third-order valence-electron chi connectivity index (χ3n) is 9.99. The highest BCUT2D eigenvalue weighted by molar-refractivity contribution is 8.76. The number of aliphatic hydroxyl groups excluding tert-OH is 1. The van der Waals surface area contributed by atoms with E-state index < -0.39 is 12.2 Å². The summed E-state index contributed by atoms with van der Waals surface area (Å²) in [7, 11) is 3.48. The molecule has 0 aromatic heterocycles. The SMILES string of the molecule is CC(=O)O[C@H]1CCc2cc(c(O)c3c2CCCO3)CN2C[C@](Cc3ccccc3)(CCNC(N)=NCSSCCCCCC[C@H](O)C1)CC2=O. The van der Waals surface area contributed by atoms with Crippen molar-refractivity contribution in [2.75, 3.05) is 31.3 Å². The Bertz CT molecular complexity index is 1460. The molecule has 2 aromatic carbocycles. The molecule has 3 aliphatic rings. The van der Waals surface area contributed by atoms with Crippen LogP contribution in [-0.4, -0.2) is 76.5 Å². The van der Waals surface area contributed by atoms with Crippen LogP contribution in [-0.2, 0) is 40.1 Å². The fraction of sp³-hybridized carbons (Fsp3) is 0.605. The molecule has 5 N–H and O–H groups in total. The molecule has 4 bridgehead atoms. The number of aryl methyl sites for hydroxylation is 1. The molecule has 0 aliphatic carbocycles. The number of phenols is 1. The number of rotatable bonds is 3. The number of carbonyl (C=O) groups is 2. The fourth-order valence-corrected chi connectivity index (χ4v) is 9.32. The fourth-order valence-electron chi connectivity index (χ4n) is 7.53. The average Bonchev–Trinajstić information content (AvgIpc) is 3.39. The lowest BCUT2D eigenvalue weighted by Crippen LogP contribution is -2.37. The molecule has 0 radical (unpaired) electrons. The van der Waals surface area contributed by atoms with E-state index in [0.29, 0.717) is 74.9 Å². The number of aromatic hydroxyl groups is 1. The summed E-state index contributed by atoms with van der Waals surface area (Å²) >= 11 is 0. The number of nitrogens with zero attached hydrogens (tertiary/aromatic N) is 2. The first-order valence-corrected chi connectivity index (χ1v) is 20.6. The van der Waals surface area contributed by atoms with Crippen molar-refractivity contribution in [2.45, 2.75) is 109 Å². The molecule has 50 heavy (non-hydrogen) atoms. The highest BCUT2D eigenvalue weighted by Gasteiger charge is 2.43. The lowest BCUT2D eigenvalue weighted by Gasteiger charge is -2.30. The number of guanidine groups is 1. The minimum Gasteiger partial charge on any atom is -0.504 e. The molecule has 0 unspecified atom stereocenters. The molecule has 3 heterocycles. The van der Waals surface area contributed by atoms with Gasteiger partial charge in [0.2, 0.25) is 5.91 Å². The predicted octanol–water partition coefficient (Wildman–Crippen LogP) is 5.89. The summed E-state index contributed by atoms with van der Waals surface area (Å²) in [6.07, 6.45) is 8.89. The van der Waals surface area contributed by atoms with E-state index in [4.69, 9.17) is 15.2 Å². The highest BCUT2D eigenvalue weighted by Crippen LogP contribution is 2.43. The lowest BCUT2D eigenvalue weighted by atomic mass is 9.77. The summed E-state index contributed by atoms with van der Waals surface area (Å²) in [6, 6.07) is 12.3. The van der Waals surface area contributed by atoms with Crippen LogP contribution < -0.4 is 15.8 Å². The number of nitrogens with two attached hydrogens (primary N) is 1. The summed E-state index contributed by atoms with van der Waals surface area (Å²) < 4.78 is 11.7. The Labute approximate surface area is 304 Å². The van der Waals surface area contributed by atoms with Crippen molar-refractivity contribution in [2.24, 2.45) is 16.1 Å². The van der Waals surface area contributed by atoms with Crippen molar-refractivity contribution in [1.82, 2.24) is 10.2 Å². The van der Waals surface area contributed by atoms with Gasteiger partial charge < -0.3 is 35.6 Å². The van der Waals surface area contributed by atoms with Gasteiger partial charge in [-0.15, -0.1) is 0 Å². The molecule has 2 aromatic rings. The van der Waals surface area contributed by atoms with Crippen LogP contribution in [0.25, 0.3) is 0 Å². The van der Waals surface area contributed by atoms with Gasteiger partial charge in [-0.1, -0.05) is 71.2 Å². The van der Waals surface area contributed by atoms with Gasteiger partial charge in [0.05, 0.1) is 18.6 Å². The Kier molecular flexibility index (Phi) is 14.5. The number of carbonyl (C=O) groups excluding carboxylic acids is 2. The topological polar surface area (TPSA) is 147 Å². The maximum atomic E-state index is 13.7. The maximum absolute atomic E-state index is 13.7. The molecule has 0 saturated carbocycles. The van der Waals surface area contributed by atoms with Crippen molar-refractivity contribution in [3.05, 3.63) is 58.7 Å². The smallest absolute Gasteiger partial charge is 0.302 e. The van der Waals surface area contributed by atoms with Gasteiger partial charge in [0.15, 0.2) is 17.5 Å². The molecule has 1 amide bonds. The number of aliphatic hydroxyl groups is 1. The van der Waals surface area contributed by atoms with E-state index >= 15 is 0 Å². The van der Waals surface area contributed by atoms with E-state index in [1.54, 1.807) is 21.6 Å². The molecule has 3 atom stereocenters. The summed E-state index contributed by atoms with van der Waals surface area (Å²) in [4.78, 5) is 32.1. The predicted molar refractivity (Wildman–Crippen MR) is 201 cm³/mol. The molecular weight excluding hydrogens is 673 g/mol. The number of esters is 1. The second-order valence-corrected chi connectivity index (χ2v) is 16.6. The van der Waals surface area contributed by atoms with Crippen LogP contribution in [0.4, 0.5) is 0 Å². The van der Waals surface area contributed by atoms with Gasteiger partial charge in [-0.3, -0.25) is 9.59 Å². The van der Waals surface area contributed by atoms with Gasteiger partial charge in [-0.25, -0.2) is 4.99 Å². The van der Waals surface area contributed by atoms with Crippen molar-refractivity contribution in [3.8, 4) is 11.5 Å². The van der Waals surface area contributed by atoms with E-state index in [1.807, 2.05) is 29.2 Å². The molecule has 0 spiro atoms. The Hall–Kier alpha value is -3.09. The van der Waals surface area contributed by atoms with Crippen LogP contribution in [0.1, 0.15) is 93.4 Å². The zero-order valence-electron chi connectivity index (χ0n) is 29.4. The number of fused-ring (bicyclic) bond motifs is 6. The first-order valence-electron chi connectivity index (χ1n) is 18.2. The minimum absolute atomic E-state index is 0.0526. The average molecular weight is 727 g/mol. The largest absolute Gasteiger partial charge is 0.504 e. The van der Waals surface area contributed by atoms with Gasteiger partial charge in [-0.05, 0) is 68.6 Å². The number of phenolic OH excluding ortho intramolecular Hbond substituents is 1. The van der Waals surface area contributed by atoms with Crippen molar-refractivity contribution in [3.63, 3.8) is 0 Å². The van der Waals surface area contributed by atoms with Gasteiger partial charge >= 0.3 is 5.97 Å². The van der Waals surface area contributed by atoms with Crippen molar-refractivity contribution < 1.29 is 29.3 Å². The zero-order chi connectivity index (χ0) is 35.3. The Morgan fingerprint density at radius 3 is 2.76 bits per heavy atom. The van der Waals surface area contributed by atoms with Gasteiger partial charge in [0.1, 0.15) is 6.10 Å². The summed E-state index contributed by atoms with van der Waals surface area (Å²) in [5.74, 6) is 2.30. The van der Waals surface area contributed by atoms with Crippen LogP contribution in [0.15, 0.2) is 41.4 Å². The maximum Gasteiger partial charge on any atom is 0.302 e. The molecule has 1 fully saturated rings. The molecule has 10 nitrogen and oxygen atoms in total. The summed E-state index contributed by atoms with van der Waals surface area (Å²) in [6.45, 7) is 3.34. The molecule has 1 saturated heterocycles. The third-order valence-corrected chi connectivity index (χ3v) is 12.2. The molecule has 274 valence electrons. The first kappa shape index (κ1) is 38.1. The highest BCUT2D eigenvalue weighted by atomic mass is 33.1. The minimum atomic E-state index is -0.551.